The van der Waals surface area contributed by atoms with E-state index in [1.165, 1.54) is 11.1 Å². The predicted octanol–water partition coefficient (Wildman–Crippen LogP) is 1.88. The molecule has 0 radical (unpaired) electrons. The van der Waals surface area contributed by atoms with Crippen molar-refractivity contribution in [3.05, 3.63) is 35.4 Å². The van der Waals surface area contributed by atoms with Crippen LogP contribution in [0.2, 0.25) is 0 Å². The molecular formula is C14H20N2O2. The number of nitrogens with one attached hydrogen (secondary N) is 1. The molecule has 1 aliphatic heterocycles. The molecule has 2 N–H and O–H groups in total. The average molecular weight is 248 g/mol. The summed E-state index contributed by atoms with van der Waals surface area (Å²) in [6, 6.07) is 8.16. The number of carboxylic acid groups (broad SMARTS) is 1. The van der Waals surface area contributed by atoms with Gasteiger partial charge in [0.25, 0.3) is 0 Å². The number of piperazine rings is 1. The molecule has 1 aromatic rings. The van der Waals surface area contributed by atoms with Gasteiger partial charge in [-0.25, -0.2) is 4.79 Å². The largest absolute Gasteiger partial charge is 0.465 e. The first-order valence-electron chi connectivity index (χ1n) is 6.29. The highest BCUT2D eigenvalue weighted by atomic mass is 16.4. The molecule has 4 heteroatoms. The van der Waals surface area contributed by atoms with Crippen molar-refractivity contribution in [1.29, 1.82) is 0 Å². The van der Waals surface area contributed by atoms with E-state index in [2.05, 4.69) is 24.4 Å². The molecule has 2 rings (SSSR count). The summed E-state index contributed by atoms with van der Waals surface area (Å²) < 4.78 is 0. The average Bonchev–Trinajstić information content (AvgIpc) is 2.32. The lowest BCUT2D eigenvalue weighted by Crippen LogP contribution is -2.62. The van der Waals surface area contributed by atoms with Crippen molar-refractivity contribution in [1.82, 2.24) is 10.2 Å². The van der Waals surface area contributed by atoms with E-state index in [9.17, 15) is 9.90 Å². The molecule has 98 valence electrons. The Bertz CT molecular complexity index is 447. The van der Waals surface area contributed by atoms with Gasteiger partial charge in [0.1, 0.15) is 0 Å². The van der Waals surface area contributed by atoms with Crippen LogP contribution in [0.1, 0.15) is 18.1 Å². The lowest BCUT2D eigenvalue weighted by molar-refractivity contribution is 0.0667. The molecule has 0 aromatic heterocycles. The van der Waals surface area contributed by atoms with Crippen molar-refractivity contribution >= 4 is 6.09 Å². The minimum Gasteiger partial charge on any atom is -0.465 e. The van der Waals surface area contributed by atoms with Crippen LogP contribution in [0.4, 0.5) is 4.79 Å². The summed E-state index contributed by atoms with van der Waals surface area (Å²) in [7, 11) is 0. The van der Waals surface area contributed by atoms with Gasteiger partial charge in [0.05, 0.1) is 5.54 Å². The Labute approximate surface area is 108 Å². The highest BCUT2D eigenvalue weighted by Gasteiger charge is 2.37. The summed E-state index contributed by atoms with van der Waals surface area (Å²) in [6.45, 7) is 6.07. The topological polar surface area (TPSA) is 52.6 Å². The second-order valence-electron chi connectivity index (χ2n) is 5.21. The molecule has 4 nitrogen and oxygen atoms in total. The Hall–Kier alpha value is -1.55. The molecule has 0 bridgehead atoms. The first-order valence-corrected chi connectivity index (χ1v) is 6.29. The second-order valence-corrected chi connectivity index (χ2v) is 5.21. The molecule has 1 saturated heterocycles. The maximum atomic E-state index is 11.3. The lowest BCUT2D eigenvalue weighted by Gasteiger charge is -2.44. The number of carbonyl (C=O) groups is 1. The molecule has 1 aromatic carbocycles. The van der Waals surface area contributed by atoms with Gasteiger partial charge >= 0.3 is 6.09 Å². The summed E-state index contributed by atoms with van der Waals surface area (Å²) >= 11 is 0. The third-order valence-corrected chi connectivity index (χ3v) is 3.73. The van der Waals surface area contributed by atoms with Crippen LogP contribution in [0, 0.1) is 6.92 Å². The molecule has 1 heterocycles. The standard InChI is InChI=1S/C14H20N2O2/c1-11-5-3-4-6-12(11)9-14(2)10-15-7-8-16(14)13(17)18/h3-6,15H,7-10H2,1-2H3,(H,17,18). The SMILES string of the molecule is Cc1ccccc1CC1(C)CNCCN1C(=O)O. The summed E-state index contributed by atoms with van der Waals surface area (Å²) in [5.74, 6) is 0. The van der Waals surface area contributed by atoms with E-state index in [1.54, 1.807) is 4.90 Å². The Kier molecular flexibility index (Phi) is 3.57. The second kappa shape index (κ2) is 4.98. The first kappa shape index (κ1) is 12.9. The number of rotatable bonds is 2. The molecule has 0 aliphatic carbocycles. The number of benzene rings is 1. The molecule has 18 heavy (non-hydrogen) atoms. The maximum Gasteiger partial charge on any atom is 0.407 e. The fourth-order valence-electron chi connectivity index (χ4n) is 2.62. The predicted molar refractivity (Wildman–Crippen MR) is 70.9 cm³/mol. The highest BCUT2D eigenvalue weighted by Crippen LogP contribution is 2.24. The van der Waals surface area contributed by atoms with Crippen LogP contribution < -0.4 is 5.32 Å². The van der Waals surface area contributed by atoms with Gasteiger partial charge in [-0.1, -0.05) is 24.3 Å². The number of hydrogen-bond acceptors (Lipinski definition) is 2. The Morgan fingerprint density at radius 3 is 2.89 bits per heavy atom. The van der Waals surface area contributed by atoms with Gasteiger partial charge in [-0.05, 0) is 31.4 Å². The fraction of sp³-hybridized carbons (Fsp3) is 0.500. The summed E-state index contributed by atoms with van der Waals surface area (Å²) in [6.07, 6.45) is -0.0773. The molecule has 1 unspecified atom stereocenters. The zero-order valence-corrected chi connectivity index (χ0v) is 10.9. The Balaban J connectivity index is 2.24. The maximum absolute atomic E-state index is 11.3. The van der Waals surface area contributed by atoms with E-state index in [4.69, 9.17) is 0 Å². The van der Waals surface area contributed by atoms with Gasteiger partial charge in [-0.15, -0.1) is 0 Å². The third kappa shape index (κ3) is 2.48. The van der Waals surface area contributed by atoms with Crippen LogP contribution in [0.25, 0.3) is 0 Å². The van der Waals surface area contributed by atoms with Crippen molar-refractivity contribution in [3.8, 4) is 0 Å². The smallest absolute Gasteiger partial charge is 0.407 e. The molecule has 1 atom stereocenters. The van der Waals surface area contributed by atoms with Gasteiger partial charge in [-0.2, -0.15) is 0 Å². The number of hydrogen-bond donors (Lipinski definition) is 2. The van der Waals surface area contributed by atoms with Crippen molar-refractivity contribution < 1.29 is 9.90 Å². The van der Waals surface area contributed by atoms with E-state index < -0.39 is 6.09 Å². The van der Waals surface area contributed by atoms with Crippen LogP contribution in [0.15, 0.2) is 24.3 Å². The van der Waals surface area contributed by atoms with E-state index in [1.807, 2.05) is 19.1 Å². The van der Waals surface area contributed by atoms with Crippen LogP contribution >= 0.6 is 0 Å². The van der Waals surface area contributed by atoms with Crippen LogP contribution in [0.3, 0.4) is 0 Å². The first-order chi connectivity index (χ1) is 8.53. The van der Waals surface area contributed by atoms with Crippen molar-refractivity contribution in [3.63, 3.8) is 0 Å². The lowest BCUT2D eigenvalue weighted by atomic mass is 9.88. The molecule has 1 fully saturated rings. The summed E-state index contributed by atoms with van der Waals surface area (Å²) in [5.41, 5.74) is 2.07. The Morgan fingerprint density at radius 1 is 1.50 bits per heavy atom. The Morgan fingerprint density at radius 2 is 2.22 bits per heavy atom. The molecular weight excluding hydrogens is 228 g/mol. The monoisotopic (exact) mass is 248 g/mol. The minimum absolute atomic E-state index is 0.365. The van der Waals surface area contributed by atoms with Crippen molar-refractivity contribution in [2.45, 2.75) is 25.8 Å². The minimum atomic E-state index is -0.826. The zero-order chi connectivity index (χ0) is 13.2. The van der Waals surface area contributed by atoms with Gasteiger partial charge < -0.3 is 15.3 Å². The van der Waals surface area contributed by atoms with E-state index in [-0.39, 0.29) is 5.54 Å². The number of aryl methyl sites for hydroxylation is 1. The van der Waals surface area contributed by atoms with Crippen molar-refractivity contribution in [2.24, 2.45) is 0 Å². The summed E-state index contributed by atoms with van der Waals surface area (Å²) in [4.78, 5) is 12.9. The van der Waals surface area contributed by atoms with Gasteiger partial charge in [-0.3, -0.25) is 0 Å². The molecule has 1 aliphatic rings. The van der Waals surface area contributed by atoms with E-state index >= 15 is 0 Å². The van der Waals surface area contributed by atoms with E-state index in [0.29, 0.717) is 13.1 Å². The molecule has 1 amide bonds. The van der Waals surface area contributed by atoms with Gasteiger partial charge in [0.2, 0.25) is 0 Å². The summed E-state index contributed by atoms with van der Waals surface area (Å²) in [5, 5.41) is 12.6. The zero-order valence-electron chi connectivity index (χ0n) is 10.9. The highest BCUT2D eigenvalue weighted by molar-refractivity contribution is 5.66. The van der Waals surface area contributed by atoms with Crippen molar-refractivity contribution in [2.75, 3.05) is 19.6 Å². The van der Waals surface area contributed by atoms with E-state index in [0.717, 1.165) is 13.0 Å². The molecule has 0 spiro atoms. The fourth-order valence-corrected chi connectivity index (χ4v) is 2.62. The number of nitrogens with zero attached hydrogens (tertiary/aromatic N) is 1. The van der Waals surface area contributed by atoms with Crippen LogP contribution in [-0.2, 0) is 6.42 Å². The van der Waals surface area contributed by atoms with Gasteiger partial charge in [0, 0.05) is 19.6 Å². The van der Waals surface area contributed by atoms with Gasteiger partial charge in [0.15, 0.2) is 0 Å². The molecule has 0 saturated carbocycles. The normalized spacial score (nSPS) is 24.0. The quantitative estimate of drug-likeness (QED) is 0.840. The number of amides is 1. The third-order valence-electron chi connectivity index (χ3n) is 3.73. The van der Waals surface area contributed by atoms with Crippen LogP contribution in [-0.4, -0.2) is 41.3 Å². The van der Waals surface area contributed by atoms with Crippen LogP contribution in [0.5, 0.6) is 0 Å².